The monoisotopic (exact) mass is 279 g/mol. The molecule has 0 saturated carbocycles. The van der Waals surface area contributed by atoms with E-state index >= 15 is 0 Å². The van der Waals surface area contributed by atoms with Crippen molar-refractivity contribution in [2.45, 2.75) is 25.9 Å². The number of rotatable bonds is 7. The van der Waals surface area contributed by atoms with Crippen molar-refractivity contribution in [1.29, 1.82) is 0 Å². The van der Waals surface area contributed by atoms with E-state index < -0.39 is 12.1 Å². The molecule has 20 heavy (non-hydrogen) atoms. The van der Waals surface area contributed by atoms with Crippen LogP contribution >= 0.6 is 0 Å². The minimum atomic E-state index is -1.40. The summed E-state index contributed by atoms with van der Waals surface area (Å²) in [7, 11) is 3.81. The summed E-state index contributed by atoms with van der Waals surface area (Å²) in [5.74, 6) is -1.03. The molecule has 0 amide bonds. The van der Waals surface area contributed by atoms with Crippen LogP contribution in [0.25, 0.3) is 0 Å². The highest BCUT2D eigenvalue weighted by atomic mass is 16.5. The Morgan fingerprint density at radius 2 is 1.85 bits per heavy atom. The van der Waals surface area contributed by atoms with Crippen LogP contribution in [0.4, 0.5) is 5.69 Å². The Bertz CT molecular complexity index is 453. The topological polar surface area (TPSA) is 66.8 Å². The fourth-order valence-electron chi connectivity index (χ4n) is 1.62. The molecule has 1 N–H and O–H groups in total. The van der Waals surface area contributed by atoms with Crippen LogP contribution in [0.3, 0.4) is 0 Å². The second kappa shape index (κ2) is 7.65. The summed E-state index contributed by atoms with van der Waals surface area (Å²) in [4.78, 5) is 25.2. The first-order valence-corrected chi connectivity index (χ1v) is 6.61. The standard InChI is InChI=1S/C15H21NO4/c1-4-9-20-15(19)14(18)10-13(17)11-5-7-12(8-6-11)16(2)3/h5-8,14,18H,4,9-10H2,1-3H3. The molecule has 1 rings (SSSR count). The van der Waals surface area contributed by atoms with Crippen LogP contribution < -0.4 is 4.90 Å². The number of esters is 1. The zero-order chi connectivity index (χ0) is 15.1. The van der Waals surface area contributed by atoms with Crippen molar-refractivity contribution in [1.82, 2.24) is 0 Å². The van der Waals surface area contributed by atoms with Crippen molar-refractivity contribution in [2.24, 2.45) is 0 Å². The molecule has 1 aromatic rings. The zero-order valence-corrected chi connectivity index (χ0v) is 12.1. The van der Waals surface area contributed by atoms with Crippen LogP contribution in [0.2, 0.25) is 0 Å². The summed E-state index contributed by atoms with van der Waals surface area (Å²) < 4.78 is 4.79. The Labute approximate surface area is 119 Å². The lowest BCUT2D eigenvalue weighted by Gasteiger charge is -2.13. The number of aliphatic hydroxyl groups excluding tert-OH is 1. The molecule has 0 aliphatic carbocycles. The van der Waals surface area contributed by atoms with Gasteiger partial charge in [0.2, 0.25) is 0 Å². The van der Waals surface area contributed by atoms with E-state index in [2.05, 4.69) is 0 Å². The Morgan fingerprint density at radius 3 is 2.35 bits per heavy atom. The molecule has 0 aromatic heterocycles. The van der Waals surface area contributed by atoms with Crippen molar-refractivity contribution in [3.63, 3.8) is 0 Å². The molecule has 0 fully saturated rings. The normalized spacial score (nSPS) is 11.8. The van der Waals surface area contributed by atoms with Gasteiger partial charge < -0.3 is 14.7 Å². The number of hydrogen-bond donors (Lipinski definition) is 1. The van der Waals surface area contributed by atoms with Crippen molar-refractivity contribution < 1.29 is 19.4 Å². The molecule has 0 bridgehead atoms. The molecule has 5 nitrogen and oxygen atoms in total. The van der Waals surface area contributed by atoms with E-state index in [0.29, 0.717) is 12.0 Å². The predicted octanol–water partition coefficient (Wildman–Crippen LogP) is 1.64. The fraction of sp³-hybridized carbons (Fsp3) is 0.467. The van der Waals surface area contributed by atoms with Gasteiger partial charge in [0.1, 0.15) is 0 Å². The highest BCUT2D eigenvalue weighted by molar-refractivity contribution is 5.98. The van der Waals surface area contributed by atoms with Crippen LogP contribution in [0.15, 0.2) is 24.3 Å². The van der Waals surface area contributed by atoms with Gasteiger partial charge in [0.25, 0.3) is 0 Å². The third kappa shape index (κ3) is 4.66. The smallest absolute Gasteiger partial charge is 0.335 e. The second-order valence-electron chi connectivity index (χ2n) is 4.75. The van der Waals surface area contributed by atoms with Gasteiger partial charge >= 0.3 is 5.97 Å². The average Bonchev–Trinajstić information content (AvgIpc) is 2.44. The number of carbonyl (C=O) groups is 2. The van der Waals surface area contributed by atoms with Crippen LogP contribution in [-0.4, -0.2) is 43.7 Å². The molecular formula is C15H21NO4. The van der Waals surface area contributed by atoms with Gasteiger partial charge in [-0.2, -0.15) is 0 Å². The molecule has 0 aliphatic rings. The Morgan fingerprint density at radius 1 is 1.25 bits per heavy atom. The maximum atomic E-state index is 11.9. The zero-order valence-electron chi connectivity index (χ0n) is 12.1. The number of carbonyl (C=O) groups excluding carboxylic acids is 2. The van der Waals surface area contributed by atoms with Gasteiger partial charge in [0.05, 0.1) is 6.61 Å². The third-order valence-electron chi connectivity index (χ3n) is 2.80. The van der Waals surface area contributed by atoms with Gasteiger partial charge in [-0.1, -0.05) is 6.92 Å². The predicted molar refractivity (Wildman–Crippen MR) is 77.0 cm³/mol. The van der Waals surface area contributed by atoms with E-state index in [9.17, 15) is 14.7 Å². The Kier molecular flexibility index (Phi) is 6.18. The number of hydrogen-bond acceptors (Lipinski definition) is 5. The molecular weight excluding hydrogens is 258 g/mol. The van der Waals surface area contributed by atoms with E-state index in [1.807, 2.05) is 38.1 Å². The molecule has 0 spiro atoms. The summed E-state index contributed by atoms with van der Waals surface area (Å²) in [6, 6.07) is 6.99. The van der Waals surface area contributed by atoms with E-state index in [1.165, 1.54) is 0 Å². The van der Waals surface area contributed by atoms with Crippen LogP contribution in [-0.2, 0) is 9.53 Å². The highest BCUT2D eigenvalue weighted by Crippen LogP contribution is 2.14. The van der Waals surface area contributed by atoms with E-state index in [0.717, 1.165) is 5.69 Å². The maximum absolute atomic E-state index is 11.9. The average molecular weight is 279 g/mol. The SMILES string of the molecule is CCCOC(=O)C(O)CC(=O)c1ccc(N(C)C)cc1. The molecule has 0 saturated heterocycles. The summed E-state index contributed by atoms with van der Waals surface area (Å²) >= 11 is 0. The van der Waals surface area contributed by atoms with Crippen LogP contribution in [0, 0.1) is 0 Å². The molecule has 1 unspecified atom stereocenters. The number of aliphatic hydroxyl groups is 1. The number of ketones is 1. The first kappa shape index (κ1) is 16.2. The van der Waals surface area contributed by atoms with Gasteiger partial charge in [-0.15, -0.1) is 0 Å². The highest BCUT2D eigenvalue weighted by Gasteiger charge is 2.21. The van der Waals surface area contributed by atoms with Gasteiger partial charge in [-0.05, 0) is 30.7 Å². The molecule has 0 aliphatic heterocycles. The number of nitrogens with zero attached hydrogens (tertiary/aromatic N) is 1. The van der Waals surface area contributed by atoms with E-state index in [4.69, 9.17) is 4.74 Å². The van der Waals surface area contributed by atoms with E-state index in [1.54, 1.807) is 12.1 Å². The van der Waals surface area contributed by atoms with Gasteiger partial charge in [-0.3, -0.25) is 4.79 Å². The fourth-order valence-corrected chi connectivity index (χ4v) is 1.62. The van der Waals surface area contributed by atoms with E-state index in [-0.39, 0.29) is 18.8 Å². The summed E-state index contributed by atoms with van der Waals surface area (Å²) in [6.45, 7) is 2.11. The largest absolute Gasteiger partial charge is 0.464 e. The van der Waals surface area contributed by atoms with Crippen LogP contribution in [0.5, 0.6) is 0 Å². The third-order valence-corrected chi connectivity index (χ3v) is 2.80. The Balaban J connectivity index is 2.59. The molecule has 0 heterocycles. The Hall–Kier alpha value is -1.88. The molecule has 1 aromatic carbocycles. The minimum absolute atomic E-state index is 0.252. The number of anilines is 1. The summed E-state index contributed by atoms with van der Waals surface area (Å²) in [5.41, 5.74) is 1.45. The molecule has 5 heteroatoms. The lowest BCUT2D eigenvalue weighted by atomic mass is 10.0. The van der Waals surface area contributed by atoms with Gasteiger partial charge in [-0.25, -0.2) is 4.79 Å². The number of benzene rings is 1. The summed E-state index contributed by atoms with van der Waals surface area (Å²) in [6.07, 6.45) is -0.981. The number of ether oxygens (including phenoxy) is 1. The quantitative estimate of drug-likeness (QED) is 0.607. The lowest BCUT2D eigenvalue weighted by Crippen LogP contribution is -2.26. The summed E-state index contributed by atoms with van der Waals surface area (Å²) in [5, 5.41) is 9.62. The number of Topliss-reactive ketones (excluding diaryl/α,β-unsaturated/α-hetero) is 1. The molecule has 110 valence electrons. The molecule has 0 radical (unpaired) electrons. The van der Waals surface area contributed by atoms with Crippen molar-refractivity contribution in [2.75, 3.05) is 25.6 Å². The van der Waals surface area contributed by atoms with Crippen LogP contribution in [0.1, 0.15) is 30.1 Å². The van der Waals surface area contributed by atoms with Crippen molar-refractivity contribution in [3.8, 4) is 0 Å². The lowest BCUT2D eigenvalue weighted by molar-refractivity contribution is -0.153. The molecule has 1 atom stereocenters. The van der Waals surface area contributed by atoms with Gasteiger partial charge in [0.15, 0.2) is 11.9 Å². The van der Waals surface area contributed by atoms with Crippen molar-refractivity contribution in [3.05, 3.63) is 29.8 Å². The maximum Gasteiger partial charge on any atom is 0.335 e. The van der Waals surface area contributed by atoms with Gasteiger partial charge in [0, 0.05) is 31.8 Å². The minimum Gasteiger partial charge on any atom is -0.464 e. The first-order valence-electron chi connectivity index (χ1n) is 6.61. The first-order chi connectivity index (χ1) is 9.45. The second-order valence-corrected chi connectivity index (χ2v) is 4.75. The van der Waals surface area contributed by atoms with Crippen molar-refractivity contribution >= 4 is 17.4 Å².